The molecule has 0 saturated carbocycles. The molecule has 0 bridgehead atoms. The molecule has 1 amide bonds. The molecule has 1 unspecified atom stereocenters. The van der Waals surface area contributed by atoms with Crippen LogP contribution in [0.1, 0.15) is 45.0 Å². The van der Waals surface area contributed by atoms with Crippen LogP contribution in [0.2, 0.25) is 5.02 Å². The van der Waals surface area contributed by atoms with Crippen LogP contribution in [0.15, 0.2) is 77.0 Å². The number of aromatic carboxylic acids is 1. The van der Waals surface area contributed by atoms with Crippen molar-refractivity contribution < 1.29 is 98.7 Å². The molecule has 3 rings (SSSR count). The van der Waals surface area contributed by atoms with Crippen molar-refractivity contribution in [3.63, 3.8) is 0 Å². The zero-order valence-corrected chi connectivity index (χ0v) is 27.7. The molecule has 0 saturated heterocycles. The number of carboxylic acids is 3. The van der Waals surface area contributed by atoms with Crippen molar-refractivity contribution in [3.8, 4) is 5.75 Å². The Kier molecular flexibility index (Phi) is 18.8. The van der Waals surface area contributed by atoms with E-state index in [1.165, 1.54) is 30.3 Å². The Bertz CT molecular complexity index is 1370. The Morgan fingerprint density at radius 2 is 1.48 bits per heavy atom. The largest absolute Gasteiger partial charge is 1.00 e. The average Bonchev–Trinajstić information content (AvgIpc) is 2.92. The first kappa shape index (κ1) is 39.2. The monoisotopic (exact) mass is 614 g/mol. The normalized spacial score (nSPS) is 10.7. The standard InChI is InChI=1S/C17H15N3O6.C10H12ClNO2.2Na/c21-14-6-5-12(9-13(14)17(25)26)20-19-11-3-1-10(2-4-11)16(24)18-8-7-15(22)23;11-9-3-1-7(2-4-9)8(6-12)5-10(13)14;;/h1-6,9,21H,7-8H2,(H,18,24)(H,22,23)(H,25,26);1-4,8H,5-6,12H2,(H,13,14);;/q;;2*+1/p-2. The van der Waals surface area contributed by atoms with Gasteiger partial charge < -0.3 is 36.3 Å². The fourth-order valence-corrected chi connectivity index (χ4v) is 3.33. The smallest absolute Gasteiger partial charge is 0.872 e. The summed E-state index contributed by atoms with van der Waals surface area (Å²) in [6.45, 7) is 0.290. The summed E-state index contributed by atoms with van der Waals surface area (Å²) >= 11 is 5.72. The number of rotatable bonds is 11. The second-order valence-corrected chi connectivity index (χ2v) is 8.63. The van der Waals surface area contributed by atoms with Gasteiger partial charge in [-0.2, -0.15) is 10.2 Å². The van der Waals surface area contributed by atoms with E-state index in [1.54, 1.807) is 12.1 Å². The van der Waals surface area contributed by atoms with Gasteiger partial charge in [-0.25, -0.2) is 4.79 Å². The van der Waals surface area contributed by atoms with Crippen molar-refractivity contribution in [2.24, 2.45) is 16.0 Å². The number of carbonyl (C=O) groups excluding carboxylic acids is 2. The zero-order chi connectivity index (χ0) is 29.7. The van der Waals surface area contributed by atoms with Crippen LogP contribution in [0.5, 0.6) is 5.75 Å². The molecule has 3 aromatic carbocycles. The summed E-state index contributed by atoms with van der Waals surface area (Å²) in [5.41, 5.74) is 6.93. The second-order valence-electron chi connectivity index (χ2n) is 8.19. The van der Waals surface area contributed by atoms with Gasteiger partial charge in [0.05, 0.1) is 23.4 Å². The van der Waals surface area contributed by atoms with Gasteiger partial charge in [-0.3, -0.25) is 9.59 Å². The molecule has 3 aromatic rings. The van der Waals surface area contributed by atoms with E-state index < -0.39 is 35.1 Å². The fraction of sp³-hybridized carbons (Fsp3) is 0.185. The molecule has 210 valence electrons. The number of hydrogen-bond donors (Lipinski definition) is 4. The molecule has 0 aliphatic rings. The van der Waals surface area contributed by atoms with Gasteiger partial charge in [0.1, 0.15) is 0 Å². The van der Waals surface area contributed by atoms with Crippen molar-refractivity contribution in [2.45, 2.75) is 18.8 Å². The van der Waals surface area contributed by atoms with E-state index in [-0.39, 0.29) is 90.1 Å². The number of nitrogens with zero attached hydrogens (tertiary/aromatic N) is 2. The molecule has 12 nitrogen and oxygen atoms in total. The van der Waals surface area contributed by atoms with Gasteiger partial charge in [0.15, 0.2) is 0 Å². The quantitative estimate of drug-likeness (QED) is 0.125. The number of benzene rings is 3. The maximum atomic E-state index is 11.8. The number of nitrogens with two attached hydrogens (primary N) is 1. The molecule has 0 aliphatic heterocycles. The number of nitrogens with one attached hydrogen (secondary N) is 1. The van der Waals surface area contributed by atoms with Crippen LogP contribution in [-0.2, 0) is 9.59 Å². The van der Waals surface area contributed by atoms with Crippen molar-refractivity contribution in [2.75, 3.05) is 13.1 Å². The molecule has 5 N–H and O–H groups in total. The number of halogens is 1. The van der Waals surface area contributed by atoms with Gasteiger partial charge in [-0.15, -0.1) is 0 Å². The predicted octanol–water partition coefficient (Wildman–Crippen LogP) is -3.39. The molecule has 1 atom stereocenters. The molecule has 0 fully saturated rings. The molecular formula is C27H25ClN4Na2O8. The maximum Gasteiger partial charge on any atom is 1.00 e. The van der Waals surface area contributed by atoms with E-state index >= 15 is 0 Å². The number of carboxylic acid groups (broad SMARTS) is 3. The van der Waals surface area contributed by atoms with Crippen LogP contribution in [0, 0.1) is 0 Å². The minimum Gasteiger partial charge on any atom is -0.872 e. The van der Waals surface area contributed by atoms with Crippen molar-refractivity contribution in [1.29, 1.82) is 0 Å². The van der Waals surface area contributed by atoms with Gasteiger partial charge in [0, 0.05) is 35.4 Å². The van der Waals surface area contributed by atoms with Crippen LogP contribution < -0.4 is 80.4 Å². The first-order valence-electron chi connectivity index (χ1n) is 11.7. The van der Waals surface area contributed by atoms with Gasteiger partial charge in [0.2, 0.25) is 0 Å². The van der Waals surface area contributed by atoms with Gasteiger partial charge in [-0.05, 0) is 60.6 Å². The molecule has 0 aromatic heterocycles. The Hall–Kier alpha value is -2.81. The molecular weight excluding hydrogens is 590 g/mol. The van der Waals surface area contributed by atoms with Crippen LogP contribution in [0.3, 0.4) is 0 Å². The number of amides is 1. The topological polar surface area (TPSA) is 218 Å². The molecule has 0 aliphatic carbocycles. The van der Waals surface area contributed by atoms with Crippen LogP contribution in [0.4, 0.5) is 11.4 Å². The van der Waals surface area contributed by atoms with Gasteiger partial charge >= 0.3 is 71.1 Å². The maximum absolute atomic E-state index is 11.8. The van der Waals surface area contributed by atoms with Crippen LogP contribution in [0.25, 0.3) is 0 Å². The third kappa shape index (κ3) is 13.9. The second kappa shape index (κ2) is 20.2. The SMILES string of the molecule is NCC(CC(=O)O)c1ccc(Cl)cc1.O=C([O-])CCNC(=O)c1ccc(N=Nc2ccc([O-])c(C(=O)O)c2)cc1.[Na+].[Na+]. The van der Waals surface area contributed by atoms with E-state index in [1.807, 2.05) is 12.1 Å². The third-order valence-electron chi connectivity index (χ3n) is 5.27. The third-order valence-corrected chi connectivity index (χ3v) is 5.52. The molecule has 0 heterocycles. The average molecular weight is 615 g/mol. The summed E-state index contributed by atoms with van der Waals surface area (Å²) in [5, 5.41) is 50.0. The Morgan fingerprint density at radius 1 is 0.905 bits per heavy atom. The first-order chi connectivity index (χ1) is 19.0. The van der Waals surface area contributed by atoms with E-state index in [2.05, 4.69) is 15.5 Å². The number of carbonyl (C=O) groups is 4. The summed E-state index contributed by atoms with van der Waals surface area (Å²) in [6.07, 6.45) is -0.226. The van der Waals surface area contributed by atoms with Crippen LogP contribution in [-0.4, -0.2) is 47.1 Å². The van der Waals surface area contributed by atoms with Crippen molar-refractivity contribution in [1.82, 2.24) is 5.32 Å². The molecule has 15 heteroatoms. The van der Waals surface area contributed by atoms with E-state index in [9.17, 15) is 29.4 Å². The van der Waals surface area contributed by atoms with E-state index in [0.29, 0.717) is 22.8 Å². The zero-order valence-electron chi connectivity index (χ0n) is 23.0. The van der Waals surface area contributed by atoms with Crippen molar-refractivity contribution >= 4 is 46.8 Å². The Labute approximate surface area is 290 Å². The summed E-state index contributed by atoms with van der Waals surface area (Å²) < 4.78 is 0. The van der Waals surface area contributed by atoms with E-state index in [0.717, 1.165) is 17.7 Å². The Morgan fingerprint density at radius 3 is 2.00 bits per heavy atom. The number of aliphatic carboxylic acids is 2. The first-order valence-corrected chi connectivity index (χ1v) is 12.1. The summed E-state index contributed by atoms with van der Waals surface area (Å²) in [7, 11) is 0. The molecule has 42 heavy (non-hydrogen) atoms. The minimum absolute atomic E-state index is 0. The van der Waals surface area contributed by atoms with Crippen LogP contribution >= 0.6 is 11.6 Å². The number of hydrogen-bond acceptors (Lipinski definition) is 9. The summed E-state index contributed by atoms with van der Waals surface area (Å²) in [5.74, 6) is -4.63. The minimum atomic E-state index is -1.35. The van der Waals surface area contributed by atoms with Crippen molar-refractivity contribution in [3.05, 3.63) is 88.4 Å². The predicted molar refractivity (Wildman–Crippen MR) is 141 cm³/mol. The fourth-order valence-electron chi connectivity index (χ4n) is 3.21. The summed E-state index contributed by atoms with van der Waals surface area (Å²) in [6, 6.07) is 16.6. The number of azo groups is 1. The summed E-state index contributed by atoms with van der Waals surface area (Å²) in [4.78, 5) is 43.5. The Balaban J connectivity index is 0.000000897. The van der Waals surface area contributed by atoms with Gasteiger partial charge in [0.25, 0.3) is 5.91 Å². The molecule has 0 spiro atoms. The van der Waals surface area contributed by atoms with Gasteiger partial charge in [-0.1, -0.05) is 35.5 Å². The van der Waals surface area contributed by atoms with E-state index in [4.69, 9.17) is 27.5 Å². The molecule has 0 radical (unpaired) electrons.